The van der Waals surface area contributed by atoms with Crippen LogP contribution >= 0.6 is 11.3 Å². The summed E-state index contributed by atoms with van der Waals surface area (Å²) in [5.74, 6) is -0.438. The van der Waals surface area contributed by atoms with Gasteiger partial charge in [-0.15, -0.1) is 11.3 Å². The Kier molecular flexibility index (Phi) is 7.63. The van der Waals surface area contributed by atoms with Crippen LogP contribution in [-0.4, -0.2) is 37.1 Å². The van der Waals surface area contributed by atoms with Crippen LogP contribution in [0.3, 0.4) is 0 Å². The van der Waals surface area contributed by atoms with Crippen LogP contribution in [0.15, 0.2) is 24.3 Å². The molecule has 3 N–H and O–H groups in total. The number of thiophene rings is 1. The van der Waals surface area contributed by atoms with Crippen LogP contribution in [0.4, 0.5) is 10.7 Å². The molecule has 0 bridgehead atoms. The Bertz CT molecular complexity index is 1050. The lowest BCUT2D eigenvalue weighted by Crippen LogP contribution is -2.34. The molecule has 1 aromatic heterocycles. The van der Waals surface area contributed by atoms with E-state index >= 15 is 0 Å². The highest BCUT2D eigenvalue weighted by Crippen LogP contribution is 2.37. The fraction of sp³-hybridized carbons (Fsp3) is 0.480. The lowest BCUT2D eigenvalue weighted by atomic mass is 10.1. The minimum Gasteiger partial charge on any atom is -0.376 e. The first kappa shape index (κ1) is 23.3. The van der Waals surface area contributed by atoms with Crippen LogP contribution in [0.2, 0.25) is 0 Å². The molecule has 0 spiro atoms. The molecule has 2 unspecified atom stereocenters. The SMILES string of the molecule is CC(Nc1ccccc1C(=O)NCC1CCCO1)C(=O)Nc1sc2c(c1C#N)CCCCC2. The minimum atomic E-state index is -0.592. The summed E-state index contributed by atoms with van der Waals surface area (Å²) in [6.07, 6.45) is 7.27. The van der Waals surface area contributed by atoms with Crippen LogP contribution < -0.4 is 16.0 Å². The van der Waals surface area contributed by atoms with E-state index in [0.717, 1.165) is 50.7 Å². The first-order chi connectivity index (χ1) is 16.1. The van der Waals surface area contributed by atoms with Crippen LogP contribution in [0, 0.1) is 11.3 Å². The molecule has 2 amide bonds. The minimum absolute atomic E-state index is 0.0639. The number of benzene rings is 1. The second-order valence-corrected chi connectivity index (χ2v) is 9.73. The van der Waals surface area contributed by atoms with Crippen molar-refractivity contribution in [2.24, 2.45) is 0 Å². The van der Waals surface area contributed by atoms with Gasteiger partial charge in [0.1, 0.15) is 17.1 Å². The van der Waals surface area contributed by atoms with Gasteiger partial charge in [-0.05, 0) is 63.1 Å². The number of ether oxygens (including phenoxy) is 1. The Balaban J connectivity index is 1.41. The van der Waals surface area contributed by atoms with Gasteiger partial charge in [0.05, 0.1) is 17.2 Å². The second-order valence-electron chi connectivity index (χ2n) is 8.63. The molecular weight excluding hydrogens is 436 g/mol. The van der Waals surface area contributed by atoms with E-state index in [1.54, 1.807) is 25.1 Å². The number of carbonyl (C=O) groups excluding carboxylic acids is 2. The number of aryl methyl sites for hydroxylation is 1. The molecule has 4 rings (SSSR count). The standard InChI is InChI=1S/C25H30N4O3S/c1-16(23(30)29-25-20(14-26)18-9-3-2-4-12-22(18)33-25)28-21-11-6-5-10-19(21)24(31)27-15-17-8-7-13-32-17/h5-6,10-11,16-17,28H,2-4,7-9,12-13,15H2,1H3,(H,27,31)(H,29,30). The van der Waals surface area contributed by atoms with Gasteiger partial charge in [0, 0.05) is 23.7 Å². The number of nitrogens with one attached hydrogen (secondary N) is 3. The molecule has 8 heteroatoms. The van der Waals surface area contributed by atoms with Crippen molar-refractivity contribution in [3.05, 3.63) is 45.8 Å². The van der Waals surface area contributed by atoms with E-state index < -0.39 is 6.04 Å². The number of hydrogen-bond donors (Lipinski definition) is 3. The van der Waals surface area contributed by atoms with Gasteiger partial charge in [-0.3, -0.25) is 9.59 Å². The first-order valence-electron chi connectivity index (χ1n) is 11.7. The van der Waals surface area contributed by atoms with E-state index in [0.29, 0.717) is 28.4 Å². The predicted molar refractivity (Wildman–Crippen MR) is 130 cm³/mol. The summed E-state index contributed by atoms with van der Waals surface area (Å²) in [4.78, 5) is 26.9. The fourth-order valence-corrected chi connectivity index (χ4v) is 5.62. The average molecular weight is 467 g/mol. The summed E-state index contributed by atoms with van der Waals surface area (Å²) in [5, 5.41) is 19.4. The van der Waals surface area contributed by atoms with E-state index in [1.807, 2.05) is 6.07 Å². The number of amides is 2. The molecule has 1 aromatic carbocycles. The Morgan fingerprint density at radius 1 is 1.21 bits per heavy atom. The molecule has 1 saturated heterocycles. The molecular formula is C25H30N4O3S. The molecule has 2 aromatic rings. The lowest BCUT2D eigenvalue weighted by molar-refractivity contribution is -0.116. The van der Waals surface area contributed by atoms with Crippen molar-refractivity contribution in [2.75, 3.05) is 23.8 Å². The van der Waals surface area contributed by atoms with Crippen molar-refractivity contribution in [3.8, 4) is 6.07 Å². The maximum atomic E-state index is 13.0. The van der Waals surface area contributed by atoms with Crippen LogP contribution in [0.1, 0.15) is 65.4 Å². The van der Waals surface area contributed by atoms with Gasteiger partial charge in [0.15, 0.2) is 0 Å². The van der Waals surface area contributed by atoms with Crippen molar-refractivity contribution in [1.29, 1.82) is 5.26 Å². The number of para-hydroxylation sites is 1. The Morgan fingerprint density at radius 2 is 2.03 bits per heavy atom. The van der Waals surface area contributed by atoms with Crippen molar-refractivity contribution in [3.63, 3.8) is 0 Å². The zero-order chi connectivity index (χ0) is 23.2. The van der Waals surface area contributed by atoms with Gasteiger partial charge >= 0.3 is 0 Å². The summed E-state index contributed by atoms with van der Waals surface area (Å²) >= 11 is 1.52. The molecule has 1 fully saturated rings. The zero-order valence-electron chi connectivity index (χ0n) is 18.9. The zero-order valence-corrected chi connectivity index (χ0v) is 19.7. The third-order valence-corrected chi connectivity index (χ3v) is 7.43. The monoisotopic (exact) mass is 466 g/mol. The number of hydrogen-bond acceptors (Lipinski definition) is 6. The first-order valence-corrected chi connectivity index (χ1v) is 12.5. The molecule has 33 heavy (non-hydrogen) atoms. The molecule has 1 aliphatic heterocycles. The number of nitrogens with zero attached hydrogens (tertiary/aromatic N) is 1. The third-order valence-electron chi connectivity index (χ3n) is 6.22. The second kappa shape index (κ2) is 10.8. The van der Waals surface area contributed by atoms with Gasteiger partial charge in [-0.1, -0.05) is 18.6 Å². The summed E-state index contributed by atoms with van der Waals surface area (Å²) < 4.78 is 5.57. The normalized spacial score (nSPS) is 18.5. The molecule has 0 radical (unpaired) electrons. The molecule has 0 saturated carbocycles. The highest BCUT2D eigenvalue weighted by Gasteiger charge is 2.24. The highest BCUT2D eigenvalue weighted by molar-refractivity contribution is 7.16. The maximum absolute atomic E-state index is 13.0. The number of carbonyl (C=O) groups is 2. The van der Waals surface area contributed by atoms with E-state index in [1.165, 1.54) is 22.6 Å². The molecule has 7 nitrogen and oxygen atoms in total. The van der Waals surface area contributed by atoms with Crippen LogP contribution in [0.25, 0.3) is 0 Å². The Labute approximate surface area is 198 Å². The van der Waals surface area contributed by atoms with Crippen molar-refractivity contribution < 1.29 is 14.3 Å². The van der Waals surface area contributed by atoms with Gasteiger partial charge in [0.2, 0.25) is 5.91 Å². The van der Waals surface area contributed by atoms with Crippen molar-refractivity contribution in [1.82, 2.24) is 5.32 Å². The summed E-state index contributed by atoms with van der Waals surface area (Å²) in [7, 11) is 0. The number of fused-ring (bicyclic) bond motifs is 1. The van der Waals surface area contributed by atoms with Crippen molar-refractivity contribution >= 4 is 33.8 Å². The highest BCUT2D eigenvalue weighted by atomic mass is 32.1. The molecule has 2 atom stereocenters. The topological polar surface area (TPSA) is 103 Å². The number of rotatable bonds is 7. The van der Waals surface area contributed by atoms with Crippen molar-refractivity contribution in [2.45, 2.75) is 64.0 Å². The molecule has 2 heterocycles. The van der Waals surface area contributed by atoms with Gasteiger partial charge < -0.3 is 20.7 Å². The quantitative estimate of drug-likeness (QED) is 0.530. The van der Waals surface area contributed by atoms with E-state index in [-0.39, 0.29) is 17.9 Å². The number of anilines is 2. The van der Waals surface area contributed by atoms with Crippen LogP contribution in [-0.2, 0) is 22.4 Å². The summed E-state index contributed by atoms with van der Waals surface area (Å²) in [5.41, 5.74) is 2.78. The van der Waals surface area contributed by atoms with Crippen LogP contribution in [0.5, 0.6) is 0 Å². The summed E-state index contributed by atoms with van der Waals surface area (Å²) in [6, 6.07) is 8.86. The van der Waals surface area contributed by atoms with E-state index in [9.17, 15) is 14.9 Å². The fourth-order valence-electron chi connectivity index (χ4n) is 4.38. The Hall–Kier alpha value is -2.89. The Morgan fingerprint density at radius 3 is 2.82 bits per heavy atom. The van der Waals surface area contributed by atoms with E-state index in [4.69, 9.17) is 4.74 Å². The molecule has 174 valence electrons. The van der Waals surface area contributed by atoms with E-state index in [2.05, 4.69) is 22.0 Å². The van der Waals surface area contributed by atoms with Gasteiger partial charge in [-0.2, -0.15) is 5.26 Å². The largest absolute Gasteiger partial charge is 0.376 e. The smallest absolute Gasteiger partial charge is 0.253 e. The lowest BCUT2D eigenvalue weighted by Gasteiger charge is -2.18. The third kappa shape index (κ3) is 5.55. The molecule has 2 aliphatic rings. The maximum Gasteiger partial charge on any atom is 0.253 e. The number of nitriles is 1. The molecule has 1 aliphatic carbocycles. The average Bonchev–Trinajstić information content (AvgIpc) is 3.39. The van der Waals surface area contributed by atoms with Gasteiger partial charge in [-0.25, -0.2) is 0 Å². The summed E-state index contributed by atoms with van der Waals surface area (Å²) in [6.45, 7) is 2.97. The van der Waals surface area contributed by atoms with Gasteiger partial charge in [0.25, 0.3) is 5.91 Å². The predicted octanol–water partition coefficient (Wildman–Crippen LogP) is 4.24.